The molecule has 9 aromatic rings. The minimum atomic E-state index is 0.559. The van der Waals surface area contributed by atoms with Gasteiger partial charge in [-0.15, -0.1) is 0 Å². The Morgan fingerprint density at radius 3 is 1.18 bits per heavy atom. The summed E-state index contributed by atoms with van der Waals surface area (Å²) in [6.45, 7) is 5.22. The number of ether oxygens (including phenoxy) is 2. The Labute approximate surface area is 322 Å². The van der Waals surface area contributed by atoms with Crippen LogP contribution in [0.4, 0.5) is 17.1 Å². The summed E-state index contributed by atoms with van der Waals surface area (Å²) in [7, 11) is 0. The molecular formula is C52H41NO2. The van der Waals surface area contributed by atoms with Gasteiger partial charge < -0.3 is 14.4 Å². The van der Waals surface area contributed by atoms with E-state index in [1.54, 1.807) is 0 Å². The molecule has 0 aliphatic carbocycles. The zero-order valence-electron chi connectivity index (χ0n) is 31.1. The largest absolute Gasteiger partial charge is 0.493 e. The van der Waals surface area contributed by atoms with Gasteiger partial charge in [0.2, 0.25) is 0 Å². The van der Waals surface area contributed by atoms with Gasteiger partial charge in [-0.25, -0.2) is 0 Å². The highest BCUT2D eigenvalue weighted by molar-refractivity contribution is 6.13. The smallest absolute Gasteiger partial charge is 0.135 e. The van der Waals surface area contributed by atoms with Crippen LogP contribution in [0.2, 0.25) is 0 Å². The molecule has 0 radical (unpaired) electrons. The van der Waals surface area contributed by atoms with Gasteiger partial charge in [-0.2, -0.15) is 0 Å². The van der Waals surface area contributed by atoms with Crippen LogP contribution in [0.5, 0.6) is 11.5 Å². The number of benzene rings is 9. The van der Waals surface area contributed by atoms with Crippen molar-refractivity contribution in [2.75, 3.05) is 18.1 Å². The zero-order chi connectivity index (χ0) is 37.1. The van der Waals surface area contributed by atoms with Crippen molar-refractivity contribution >= 4 is 49.4 Å². The van der Waals surface area contributed by atoms with Crippen LogP contribution in [0.25, 0.3) is 65.7 Å². The number of anilines is 3. The van der Waals surface area contributed by atoms with Gasteiger partial charge in [0.1, 0.15) is 11.5 Å². The minimum Gasteiger partial charge on any atom is -0.493 e. The topological polar surface area (TPSA) is 21.7 Å². The Balaban J connectivity index is 1.11. The number of rotatable bonds is 10. The van der Waals surface area contributed by atoms with E-state index in [1.165, 1.54) is 27.5 Å². The first-order valence-electron chi connectivity index (χ1n) is 19.1. The molecule has 3 heteroatoms. The normalized spacial score (nSPS) is 11.2. The van der Waals surface area contributed by atoms with Crippen molar-refractivity contribution in [3.63, 3.8) is 0 Å². The summed E-state index contributed by atoms with van der Waals surface area (Å²) < 4.78 is 13.0. The maximum atomic E-state index is 6.49. The third-order valence-electron chi connectivity index (χ3n) is 10.4. The average molecular weight is 712 g/mol. The predicted molar refractivity (Wildman–Crippen MR) is 232 cm³/mol. The number of hydrogen-bond donors (Lipinski definition) is 0. The van der Waals surface area contributed by atoms with Gasteiger partial charge in [-0.05, 0) is 131 Å². The quantitative estimate of drug-likeness (QED) is 0.132. The molecule has 9 aromatic carbocycles. The Kier molecular flexibility index (Phi) is 9.19. The molecule has 0 atom stereocenters. The zero-order valence-corrected chi connectivity index (χ0v) is 31.1. The van der Waals surface area contributed by atoms with E-state index in [9.17, 15) is 0 Å². The molecule has 0 N–H and O–H groups in total. The molecule has 0 aliphatic rings. The molecule has 3 nitrogen and oxygen atoms in total. The maximum Gasteiger partial charge on any atom is 0.135 e. The molecule has 0 bridgehead atoms. The Morgan fingerprint density at radius 2 is 0.691 bits per heavy atom. The van der Waals surface area contributed by atoms with Crippen LogP contribution in [0.1, 0.15) is 13.8 Å². The van der Waals surface area contributed by atoms with Crippen LogP contribution >= 0.6 is 0 Å². The summed E-state index contributed by atoms with van der Waals surface area (Å²) in [5.41, 5.74) is 10.3. The predicted octanol–water partition coefficient (Wildman–Crippen LogP) is 14.4. The minimum absolute atomic E-state index is 0.559. The Morgan fingerprint density at radius 1 is 0.327 bits per heavy atom. The second-order valence-corrected chi connectivity index (χ2v) is 13.7. The molecule has 55 heavy (non-hydrogen) atoms. The van der Waals surface area contributed by atoms with E-state index in [2.05, 4.69) is 207 Å². The lowest BCUT2D eigenvalue weighted by Gasteiger charge is -2.25. The fourth-order valence-corrected chi connectivity index (χ4v) is 7.75. The second kappa shape index (κ2) is 14.9. The highest BCUT2D eigenvalue weighted by Gasteiger charge is 2.19. The van der Waals surface area contributed by atoms with E-state index < -0.39 is 0 Å². The van der Waals surface area contributed by atoms with E-state index in [1.807, 2.05) is 0 Å². The van der Waals surface area contributed by atoms with Crippen LogP contribution in [-0.4, -0.2) is 13.2 Å². The van der Waals surface area contributed by atoms with Gasteiger partial charge in [0, 0.05) is 38.6 Å². The lowest BCUT2D eigenvalue weighted by molar-refractivity contribution is 0.342. The fraction of sp³-hybridized carbons (Fsp3) is 0.0769. The molecule has 266 valence electrons. The van der Waals surface area contributed by atoms with Crippen LogP contribution < -0.4 is 14.4 Å². The van der Waals surface area contributed by atoms with Crippen molar-refractivity contribution in [1.82, 2.24) is 0 Å². The summed E-state index contributed by atoms with van der Waals surface area (Å²) >= 11 is 0. The van der Waals surface area contributed by atoms with Crippen molar-refractivity contribution in [1.29, 1.82) is 0 Å². The molecule has 0 amide bonds. The van der Waals surface area contributed by atoms with Crippen LogP contribution in [0.15, 0.2) is 188 Å². The fourth-order valence-electron chi connectivity index (χ4n) is 7.75. The number of fused-ring (bicyclic) bond motifs is 3. The molecule has 0 saturated heterocycles. The molecule has 0 aliphatic heterocycles. The van der Waals surface area contributed by atoms with Gasteiger partial charge in [0.15, 0.2) is 0 Å². The summed E-state index contributed by atoms with van der Waals surface area (Å²) in [5.74, 6) is 1.77. The van der Waals surface area contributed by atoms with E-state index in [0.717, 1.165) is 66.8 Å². The number of para-hydroxylation sites is 2. The van der Waals surface area contributed by atoms with Crippen molar-refractivity contribution in [3.05, 3.63) is 188 Å². The first-order valence-corrected chi connectivity index (χ1v) is 19.1. The molecule has 0 fully saturated rings. The highest BCUT2D eigenvalue weighted by Crippen LogP contribution is 2.46. The van der Waals surface area contributed by atoms with Crippen LogP contribution in [0.3, 0.4) is 0 Å². The first kappa shape index (κ1) is 34.0. The molecule has 0 spiro atoms. The molecular weight excluding hydrogens is 671 g/mol. The first-order chi connectivity index (χ1) is 27.2. The number of nitrogens with zero attached hydrogens (tertiary/aromatic N) is 1. The van der Waals surface area contributed by atoms with Gasteiger partial charge in [0.25, 0.3) is 0 Å². The van der Waals surface area contributed by atoms with E-state index in [4.69, 9.17) is 9.47 Å². The molecule has 9 rings (SSSR count). The Hall–Kier alpha value is -6.84. The van der Waals surface area contributed by atoms with E-state index in [-0.39, 0.29) is 0 Å². The van der Waals surface area contributed by atoms with Crippen molar-refractivity contribution in [2.45, 2.75) is 13.8 Å². The average Bonchev–Trinajstić information content (AvgIpc) is 3.25. The maximum absolute atomic E-state index is 6.49. The second-order valence-electron chi connectivity index (χ2n) is 13.7. The van der Waals surface area contributed by atoms with Gasteiger partial charge in [-0.1, -0.05) is 115 Å². The standard InChI is InChI=1S/C52H41NO2/c1-3-54-51-48-31-27-43(41-23-22-39-32-38(20-21-40(39)33-41)36-14-8-5-9-15-36)35-50(48)52(55-4-2)47-30-26-42(34-49(47)51)37-24-28-46(29-25-37)53(44-16-10-6-11-17-44)45-18-12-7-13-19-45/h5-35H,3-4H2,1-2H3. The van der Waals surface area contributed by atoms with Gasteiger partial charge in [0.05, 0.1) is 13.2 Å². The Bertz CT molecular complexity index is 2720. The lowest BCUT2D eigenvalue weighted by atomic mass is 9.93. The third-order valence-corrected chi connectivity index (χ3v) is 10.4. The SMILES string of the molecule is CCOc1c2ccc(-c3ccc4cc(-c5ccccc5)ccc4c3)cc2c(OCC)c2ccc(-c3ccc(N(c4ccccc4)c4ccccc4)cc3)cc12. The van der Waals surface area contributed by atoms with Crippen molar-refractivity contribution in [3.8, 4) is 44.9 Å². The number of hydrogen-bond acceptors (Lipinski definition) is 3. The van der Waals surface area contributed by atoms with E-state index >= 15 is 0 Å². The molecule has 0 unspecified atom stereocenters. The highest BCUT2D eigenvalue weighted by atomic mass is 16.5. The molecule has 0 aromatic heterocycles. The van der Waals surface area contributed by atoms with Gasteiger partial charge in [-0.3, -0.25) is 0 Å². The molecule has 0 saturated carbocycles. The van der Waals surface area contributed by atoms with E-state index in [0.29, 0.717) is 13.2 Å². The summed E-state index contributed by atoms with van der Waals surface area (Å²) in [5, 5.41) is 6.62. The summed E-state index contributed by atoms with van der Waals surface area (Å²) in [4.78, 5) is 2.28. The van der Waals surface area contributed by atoms with Crippen LogP contribution in [0, 0.1) is 0 Å². The third kappa shape index (κ3) is 6.55. The summed E-state index contributed by atoms with van der Waals surface area (Å²) in [6.07, 6.45) is 0. The van der Waals surface area contributed by atoms with Crippen LogP contribution in [-0.2, 0) is 0 Å². The molecule has 0 heterocycles. The van der Waals surface area contributed by atoms with Crippen molar-refractivity contribution in [2.24, 2.45) is 0 Å². The van der Waals surface area contributed by atoms with Gasteiger partial charge >= 0.3 is 0 Å². The van der Waals surface area contributed by atoms with Crippen molar-refractivity contribution < 1.29 is 9.47 Å². The lowest BCUT2D eigenvalue weighted by Crippen LogP contribution is -2.09. The monoisotopic (exact) mass is 711 g/mol. The summed E-state index contributed by atoms with van der Waals surface area (Å²) in [6, 6.07) is 67.1.